The third-order valence-electron chi connectivity index (χ3n) is 2.62. The van der Waals surface area contributed by atoms with Crippen LogP contribution in [0.3, 0.4) is 0 Å². The minimum atomic E-state index is 0.0247. The maximum Gasteiger partial charge on any atom is 0.241 e. The second-order valence-electron chi connectivity index (χ2n) is 5.07. The van der Waals surface area contributed by atoms with Gasteiger partial charge in [0, 0.05) is 51.7 Å². The molecule has 6 heteroatoms. The molecule has 0 aliphatic rings. The van der Waals surface area contributed by atoms with E-state index in [0.717, 1.165) is 12.1 Å². The van der Waals surface area contributed by atoms with Crippen molar-refractivity contribution in [1.29, 1.82) is 0 Å². The van der Waals surface area contributed by atoms with Crippen molar-refractivity contribution in [2.45, 2.75) is 26.4 Å². The van der Waals surface area contributed by atoms with Gasteiger partial charge < -0.3 is 15.1 Å². The molecule has 19 heavy (non-hydrogen) atoms. The quantitative estimate of drug-likeness (QED) is 0.811. The number of carbonyl (C=O) groups is 1. The van der Waals surface area contributed by atoms with Crippen LogP contribution in [0.1, 0.15) is 19.4 Å². The van der Waals surface area contributed by atoms with Crippen molar-refractivity contribution < 1.29 is 4.79 Å². The first kappa shape index (κ1) is 15.4. The summed E-state index contributed by atoms with van der Waals surface area (Å²) < 4.78 is 0. The molecule has 0 aromatic carbocycles. The van der Waals surface area contributed by atoms with E-state index in [2.05, 4.69) is 29.1 Å². The summed E-state index contributed by atoms with van der Waals surface area (Å²) in [6, 6.07) is 0.431. The summed E-state index contributed by atoms with van der Waals surface area (Å²) in [5.41, 5.74) is 1.03. The summed E-state index contributed by atoms with van der Waals surface area (Å²) >= 11 is 0. The number of likely N-dealkylation sites (N-methyl/N-ethyl adjacent to an activating group) is 2. The van der Waals surface area contributed by atoms with Gasteiger partial charge in [-0.3, -0.25) is 4.79 Å². The average molecular weight is 265 g/mol. The van der Waals surface area contributed by atoms with Gasteiger partial charge in [-0.1, -0.05) is 13.8 Å². The molecule has 0 atom stereocenters. The second-order valence-corrected chi connectivity index (χ2v) is 5.07. The molecule has 0 unspecified atom stereocenters. The van der Waals surface area contributed by atoms with E-state index < -0.39 is 0 Å². The molecule has 106 valence electrons. The van der Waals surface area contributed by atoms with Crippen LogP contribution in [0.15, 0.2) is 12.4 Å². The standard InChI is InChI=1S/C13H23N5O/c1-10(2)14-6-11-7-15-13(16-8-11)18(5)9-12(19)17(3)4/h7-8,10,14H,6,9H2,1-5H3. The summed E-state index contributed by atoms with van der Waals surface area (Å²) in [6.45, 7) is 5.21. The monoisotopic (exact) mass is 265 g/mol. The zero-order valence-corrected chi connectivity index (χ0v) is 12.3. The number of anilines is 1. The predicted octanol–water partition coefficient (Wildman–Crippen LogP) is 0.499. The number of amides is 1. The van der Waals surface area contributed by atoms with Gasteiger partial charge in [0.25, 0.3) is 0 Å². The smallest absolute Gasteiger partial charge is 0.241 e. The lowest BCUT2D eigenvalue weighted by Crippen LogP contribution is -2.35. The molecule has 6 nitrogen and oxygen atoms in total. The Morgan fingerprint density at radius 3 is 2.32 bits per heavy atom. The van der Waals surface area contributed by atoms with Crippen molar-refractivity contribution >= 4 is 11.9 Å². The van der Waals surface area contributed by atoms with Crippen LogP contribution in [0.5, 0.6) is 0 Å². The van der Waals surface area contributed by atoms with Crippen molar-refractivity contribution in [2.24, 2.45) is 0 Å². The molecular weight excluding hydrogens is 242 g/mol. The van der Waals surface area contributed by atoms with Crippen molar-refractivity contribution in [3.05, 3.63) is 18.0 Å². The van der Waals surface area contributed by atoms with Crippen molar-refractivity contribution in [3.8, 4) is 0 Å². The lowest BCUT2D eigenvalue weighted by Gasteiger charge is -2.19. The topological polar surface area (TPSA) is 61.4 Å². The molecule has 0 fully saturated rings. The maximum absolute atomic E-state index is 11.6. The fraction of sp³-hybridized carbons (Fsp3) is 0.615. The van der Waals surface area contributed by atoms with E-state index in [1.54, 1.807) is 36.3 Å². The Labute approximate surface area is 114 Å². The number of hydrogen-bond donors (Lipinski definition) is 1. The first-order chi connectivity index (χ1) is 8.90. The summed E-state index contributed by atoms with van der Waals surface area (Å²) in [6.07, 6.45) is 3.57. The molecule has 0 aliphatic carbocycles. The van der Waals surface area contributed by atoms with E-state index in [-0.39, 0.29) is 12.5 Å². The Bertz CT molecular complexity index is 402. The van der Waals surface area contributed by atoms with Gasteiger partial charge in [0.1, 0.15) is 0 Å². The van der Waals surface area contributed by atoms with E-state index in [4.69, 9.17) is 0 Å². The third-order valence-corrected chi connectivity index (χ3v) is 2.62. The first-order valence-corrected chi connectivity index (χ1v) is 6.35. The molecule has 1 rings (SSSR count). The van der Waals surface area contributed by atoms with Gasteiger partial charge in [0.05, 0.1) is 6.54 Å². The second kappa shape index (κ2) is 7.04. The van der Waals surface area contributed by atoms with E-state index in [1.165, 1.54) is 0 Å². The van der Waals surface area contributed by atoms with Crippen molar-refractivity contribution in [2.75, 3.05) is 32.6 Å². The average Bonchev–Trinajstić information content (AvgIpc) is 2.36. The summed E-state index contributed by atoms with van der Waals surface area (Å²) in [7, 11) is 5.28. The molecule has 1 N–H and O–H groups in total. The van der Waals surface area contributed by atoms with E-state index in [9.17, 15) is 4.79 Å². The number of nitrogens with zero attached hydrogens (tertiary/aromatic N) is 4. The highest BCUT2D eigenvalue weighted by atomic mass is 16.2. The van der Waals surface area contributed by atoms with Gasteiger partial charge in [-0.25, -0.2) is 9.97 Å². The minimum absolute atomic E-state index is 0.0247. The zero-order chi connectivity index (χ0) is 14.4. The molecular formula is C13H23N5O. The van der Waals surface area contributed by atoms with Gasteiger partial charge in [-0.05, 0) is 0 Å². The Hall–Kier alpha value is -1.69. The maximum atomic E-state index is 11.6. The SMILES string of the molecule is CC(C)NCc1cnc(N(C)CC(=O)N(C)C)nc1. The Morgan fingerprint density at radius 2 is 1.84 bits per heavy atom. The highest BCUT2D eigenvalue weighted by molar-refractivity contribution is 5.80. The van der Waals surface area contributed by atoms with Crippen LogP contribution in [0.25, 0.3) is 0 Å². The molecule has 0 bridgehead atoms. The van der Waals surface area contributed by atoms with Gasteiger partial charge in [0.15, 0.2) is 0 Å². The van der Waals surface area contributed by atoms with Gasteiger partial charge in [-0.15, -0.1) is 0 Å². The largest absolute Gasteiger partial charge is 0.347 e. The lowest BCUT2D eigenvalue weighted by molar-refractivity contribution is -0.127. The molecule has 1 aromatic heterocycles. The fourth-order valence-corrected chi connectivity index (χ4v) is 1.37. The summed E-state index contributed by atoms with van der Waals surface area (Å²) in [5.74, 6) is 0.583. The van der Waals surface area contributed by atoms with Crippen LogP contribution in [-0.2, 0) is 11.3 Å². The third kappa shape index (κ3) is 5.21. The highest BCUT2D eigenvalue weighted by Gasteiger charge is 2.11. The molecule has 1 amide bonds. The van der Waals surface area contributed by atoms with Crippen molar-refractivity contribution in [3.63, 3.8) is 0 Å². The molecule has 1 aromatic rings. The number of aromatic nitrogens is 2. The highest BCUT2D eigenvalue weighted by Crippen LogP contribution is 2.05. The Balaban J connectivity index is 2.57. The minimum Gasteiger partial charge on any atom is -0.347 e. The van der Waals surface area contributed by atoms with Crippen LogP contribution < -0.4 is 10.2 Å². The van der Waals surface area contributed by atoms with E-state index in [1.807, 2.05) is 7.05 Å². The van der Waals surface area contributed by atoms with Gasteiger partial charge in [-0.2, -0.15) is 0 Å². The van der Waals surface area contributed by atoms with Crippen LogP contribution in [0.4, 0.5) is 5.95 Å². The molecule has 0 spiro atoms. The van der Waals surface area contributed by atoms with Gasteiger partial charge in [0.2, 0.25) is 11.9 Å². The van der Waals surface area contributed by atoms with Crippen LogP contribution in [-0.4, -0.2) is 54.5 Å². The van der Waals surface area contributed by atoms with E-state index in [0.29, 0.717) is 12.0 Å². The van der Waals surface area contributed by atoms with Gasteiger partial charge >= 0.3 is 0 Å². The summed E-state index contributed by atoms with van der Waals surface area (Å²) in [5, 5.41) is 3.30. The molecule has 0 saturated heterocycles. The van der Waals surface area contributed by atoms with Crippen molar-refractivity contribution in [1.82, 2.24) is 20.2 Å². The van der Waals surface area contributed by atoms with Crippen LogP contribution in [0, 0.1) is 0 Å². The molecule has 0 radical (unpaired) electrons. The summed E-state index contributed by atoms with van der Waals surface area (Å²) in [4.78, 5) is 23.4. The number of hydrogen-bond acceptors (Lipinski definition) is 5. The Morgan fingerprint density at radius 1 is 1.26 bits per heavy atom. The fourth-order valence-electron chi connectivity index (χ4n) is 1.37. The first-order valence-electron chi connectivity index (χ1n) is 6.35. The number of carbonyl (C=O) groups excluding carboxylic acids is 1. The molecule has 0 saturated carbocycles. The lowest BCUT2D eigenvalue weighted by atomic mass is 10.3. The predicted molar refractivity (Wildman–Crippen MR) is 76.0 cm³/mol. The molecule has 0 aliphatic heterocycles. The van der Waals surface area contributed by atoms with Crippen LogP contribution >= 0.6 is 0 Å². The van der Waals surface area contributed by atoms with Crippen LogP contribution in [0.2, 0.25) is 0 Å². The number of nitrogens with one attached hydrogen (secondary N) is 1. The normalized spacial score (nSPS) is 10.6. The zero-order valence-electron chi connectivity index (χ0n) is 12.3. The Kier molecular flexibility index (Phi) is 5.69. The van der Waals surface area contributed by atoms with E-state index >= 15 is 0 Å². The number of rotatable bonds is 6. The molecule has 1 heterocycles.